The molecule has 7 rings (SSSR count). The van der Waals surface area contributed by atoms with E-state index in [0.29, 0.717) is 47.3 Å². The van der Waals surface area contributed by atoms with Gasteiger partial charge in [0.2, 0.25) is 0 Å². The van der Waals surface area contributed by atoms with Crippen molar-refractivity contribution in [1.82, 2.24) is 0 Å². The molecule has 1 unspecified atom stereocenters. The zero-order chi connectivity index (χ0) is 36.2. The van der Waals surface area contributed by atoms with Gasteiger partial charge in [-0.05, 0) is 91.6 Å². The molecule has 1 N–H and O–H groups in total. The summed E-state index contributed by atoms with van der Waals surface area (Å²) in [6, 6.07) is 53.7. The first-order chi connectivity index (χ1) is 26.0. The Morgan fingerprint density at radius 1 is 0.358 bits per heavy atom. The second kappa shape index (κ2) is 17.1. The second-order valence-corrected chi connectivity index (χ2v) is 17.8. The Hall–Kier alpha value is -5.23. The maximum atomic E-state index is 9.55. The molecule has 1 atom stereocenters. The van der Waals surface area contributed by atoms with Gasteiger partial charge in [-0.2, -0.15) is 0 Å². The summed E-state index contributed by atoms with van der Waals surface area (Å²) >= 11 is 0. The number of unbranched alkanes of at least 4 members (excludes halogenated alkanes) is 1. The molecule has 0 spiro atoms. The fourth-order valence-corrected chi connectivity index (χ4v) is 14.3. The lowest BCUT2D eigenvalue weighted by molar-refractivity contribution is 0.284. The van der Waals surface area contributed by atoms with Crippen LogP contribution in [-0.2, 0) is 6.42 Å². The summed E-state index contributed by atoms with van der Waals surface area (Å²) in [6.45, 7) is 0.0878. The first-order valence-corrected chi connectivity index (χ1v) is 21.7. The molecule has 1 aliphatic rings. The van der Waals surface area contributed by atoms with Gasteiger partial charge in [0.1, 0.15) is 34.5 Å². The van der Waals surface area contributed by atoms with Crippen molar-refractivity contribution in [2.75, 3.05) is 6.61 Å². The highest BCUT2D eigenvalue weighted by molar-refractivity contribution is 7.79. The molecule has 270 valence electrons. The monoisotopic (exact) mass is 765 g/mol. The van der Waals surface area contributed by atoms with E-state index in [-0.39, 0.29) is 6.61 Å². The van der Waals surface area contributed by atoms with Gasteiger partial charge in [0.25, 0.3) is 0 Å². The molecule has 0 bridgehead atoms. The van der Waals surface area contributed by atoms with Crippen LogP contribution in [0.4, 0.5) is 0 Å². The van der Waals surface area contributed by atoms with Crippen molar-refractivity contribution in [1.29, 1.82) is 0 Å². The number of aliphatic hydroxyl groups excluding tert-OH is 1. The van der Waals surface area contributed by atoms with Crippen LogP contribution < -0.4 is 27.1 Å². The Kier molecular flexibility index (Phi) is 11.6. The van der Waals surface area contributed by atoms with Gasteiger partial charge in [0.15, 0.2) is 0 Å². The molecule has 13 heteroatoms. The molecule has 1 aliphatic heterocycles. The molecule has 53 heavy (non-hydrogen) atoms. The summed E-state index contributed by atoms with van der Waals surface area (Å²) in [6.07, 6.45) is 2.01. The Morgan fingerprint density at radius 3 is 1.00 bits per heavy atom. The Bertz CT molecular complexity index is 2070. The molecule has 0 saturated heterocycles. The van der Waals surface area contributed by atoms with E-state index in [0.717, 1.165) is 12.0 Å². The molecule has 0 saturated carbocycles. The predicted molar refractivity (Wildman–Crippen MR) is 210 cm³/mol. The van der Waals surface area contributed by atoms with Gasteiger partial charge >= 0.3 is 23.0 Å². The summed E-state index contributed by atoms with van der Waals surface area (Å²) in [5.74, 6) is 2.75. The van der Waals surface area contributed by atoms with E-state index < -0.39 is 23.0 Å². The quantitative estimate of drug-likeness (QED) is 0.0771. The molecule has 0 amide bonds. The number of hydrogen-bond donors (Lipinski definition) is 1. The molecule has 0 aliphatic carbocycles. The van der Waals surface area contributed by atoms with Crippen molar-refractivity contribution >= 4 is 23.0 Å². The van der Waals surface area contributed by atoms with E-state index in [1.807, 2.05) is 127 Å². The van der Waals surface area contributed by atoms with Gasteiger partial charge in [0.05, 0.1) is 0 Å². The van der Waals surface area contributed by atoms with Gasteiger partial charge in [-0.25, -0.2) is 0 Å². The van der Waals surface area contributed by atoms with Crippen LogP contribution in [0, 0.1) is 0 Å². The van der Waals surface area contributed by atoms with Crippen LogP contribution in [0.2, 0.25) is 0 Å². The number of hydrogen-bond acceptors (Lipinski definition) is 10. The van der Waals surface area contributed by atoms with E-state index in [4.69, 9.17) is 40.7 Å². The fourth-order valence-electron chi connectivity index (χ4n) is 5.21. The van der Waals surface area contributed by atoms with Crippen LogP contribution in [0.5, 0.6) is 34.5 Å². The van der Waals surface area contributed by atoms with Crippen molar-refractivity contribution in [2.24, 2.45) is 13.5 Å². The number of benzene rings is 6. The third kappa shape index (κ3) is 9.61. The number of para-hydroxylation sites is 6. The van der Waals surface area contributed by atoms with E-state index in [1.165, 1.54) is 0 Å². The molecule has 0 fully saturated rings. The van der Waals surface area contributed by atoms with Crippen LogP contribution in [0.1, 0.15) is 18.4 Å². The van der Waals surface area contributed by atoms with Gasteiger partial charge in [-0.3, -0.25) is 0 Å². The van der Waals surface area contributed by atoms with E-state index in [2.05, 4.69) is 0 Å². The lowest BCUT2D eigenvalue weighted by atomic mass is 10.1. The summed E-state index contributed by atoms with van der Waals surface area (Å²) < 4.78 is 57.0. The van der Waals surface area contributed by atoms with Crippen LogP contribution in [0.25, 0.3) is 0 Å². The van der Waals surface area contributed by atoms with Crippen molar-refractivity contribution in [3.05, 3.63) is 181 Å². The lowest BCUT2D eigenvalue weighted by Gasteiger charge is -2.33. The third-order valence-electron chi connectivity index (χ3n) is 7.56. The summed E-state index contributed by atoms with van der Waals surface area (Å²) in [7, 11) is -11.9. The second-order valence-electron chi connectivity index (χ2n) is 11.6. The maximum Gasteiger partial charge on any atom is 0.460 e. The predicted octanol–water partition coefficient (Wildman–Crippen LogP) is 12.6. The van der Waals surface area contributed by atoms with Crippen LogP contribution in [0.3, 0.4) is 0 Å². The molecule has 6 aromatic rings. The average molecular weight is 766 g/mol. The van der Waals surface area contributed by atoms with Crippen molar-refractivity contribution < 1.29 is 32.2 Å². The van der Waals surface area contributed by atoms with Crippen molar-refractivity contribution in [3.8, 4) is 34.5 Å². The zero-order valence-electron chi connectivity index (χ0n) is 28.7. The maximum absolute atomic E-state index is 9.55. The molecule has 1 heterocycles. The van der Waals surface area contributed by atoms with Crippen molar-refractivity contribution in [2.45, 2.75) is 19.3 Å². The summed E-state index contributed by atoms with van der Waals surface area (Å²) in [5.41, 5.74) is 0.888. The zero-order valence-corrected chi connectivity index (χ0v) is 31.3. The minimum atomic E-state index is -3.99. The summed E-state index contributed by atoms with van der Waals surface area (Å²) in [4.78, 5) is 0. The SMILES string of the molecule is OCCCCc1ccccc1OP1(Oc2ccccc2)=NP(Oc2ccccc2)(Oc2ccccc2)=NP(Oc2ccccc2)(Oc2ccccc2)=N1. The van der Waals surface area contributed by atoms with Crippen molar-refractivity contribution in [3.63, 3.8) is 0 Å². The highest BCUT2D eigenvalue weighted by Gasteiger charge is 2.49. The van der Waals surface area contributed by atoms with Crippen LogP contribution >= 0.6 is 23.0 Å². The molecular weight excluding hydrogens is 727 g/mol. The normalized spacial score (nSPS) is 16.8. The Labute approximate surface area is 309 Å². The minimum Gasteiger partial charge on any atom is -0.413 e. The largest absolute Gasteiger partial charge is 0.460 e. The smallest absolute Gasteiger partial charge is 0.413 e. The van der Waals surface area contributed by atoms with Gasteiger partial charge in [0, 0.05) is 6.61 Å². The van der Waals surface area contributed by atoms with Gasteiger partial charge < -0.3 is 32.2 Å². The molecule has 10 nitrogen and oxygen atoms in total. The number of nitrogens with zero attached hydrogens (tertiary/aromatic N) is 3. The third-order valence-corrected chi connectivity index (χ3v) is 15.7. The number of aryl methyl sites for hydroxylation is 1. The minimum absolute atomic E-state index is 0.0878. The topological polar surface area (TPSA) is 113 Å². The molecule has 0 aromatic heterocycles. The lowest BCUT2D eigenvalue weighted by Crippen LogP contribution is -2.11. The molecule has 6 aromatic carbocycles. The highest BCUT2D eigenvalue weighted by Crippen LogP contribution is 2.78. The van der Waals surface area contributed by atoms with E-state index in [1.54, 1.807) is 48.5 Å². The van der Waals surface area contributed by atoms with E-state index in [9.17, 15) is 5.11 Å². The molecule has 0 radical (unpaired) electrons. The van der Waals surface area contributed by atoms with E-state index >= 15 is 0 Å². The first kappa shape index (κ1) is 36.1. The fraction of sp³-hybridized carbons (Fsp3) is 0.100. The first-order valence-electron chi connectivity index (χ1n) is 17.1. The van der Waals surface area contributed by atoms with Crippen LogP contribution in [0.15, 0.2) is 189 Å². The number of aliphatic hydroxyl groups is 1. The Balaban J connectivity index is 1.54. The molecular formula is C40H38N3O7P3. The highest BCUT2D eigenvalue weighted by atomic mass is 31.3. The average Bonchev–Trinajstić information content (AvgIpc) is 3.17. The summed E-state index contributed by atoms with van der Waals surface area (Å²) in [5, 5.41) is 9.55. The Morgan fingerprint density at radius 2 is 0.660 bits per heavy atom. The number of rotatable bonds is 16. The standard InChI is InChI=1S/C40H38N3O7P3/c44-33-19-18-21-34-20-16-17-32-40(34)50-53(49-39-30-14-5-15-31-39)42-51(45-35-22-6-1-7-23-35,46-36-24-8-2-9-25-36)41-52(43-53,47-37-26-10-3-11-27-37)48-38-28-12-4-13-29-38/h1-17,20,22-32,44H,18-19,21,33H2. The van der Waals surface area contributed by atoms with Crippen LogP contribution in [-0.4, -0.2) is 11.7 Å². The van der Waals surface area contributed by atoms with Gasteiger partial charge in [-0.15, -0.1) is 0 Å². The van der Waals surface area contributed by atoms with Gasteiger partial charge in [-0.1, -0.05) is 123 Å².